The molecule has 6 saturated heterocycles. The molecule has 0 amide bonds. The van der Waals surface area contributed by atoms with Crippen LogP contribution in [0.2, 0.25) is 0 Å². The van der Waals surface area contributed by atoms with Crippen molar-refractivity contribution >= 4 is 35.3 Å². The molecule has 6 heterocycles. The lowest BCUT2D eigenvalue weighted by Gasteiger charge is -2.58. The molecule has 10 fully saturated rings. The van der Waals surface area contributed by atoms with Gasteiger partial charge in [-0.3, -0.25) is 9.59 Å². The van der Waals surface area contributed by atoms with Gasteiger partial charge >= 0.3 is 11.9 Å². The van der Waals surface area contributed by atoms with E-state index in [2.05, 4.69) is 0 Å². The lowest BCUT2D eigenvalue weighted by molar-refractivity contribution is -0.300. The summed E-state index contributed by atoms with van der Waals surface area (Å²) in [4.78, 5) is 57.7. The van der Waals surface area contributed by atoms with Crippen molar-refractivity contribution in [1.29, 1.82) is 0 Å². The Balaban J connectivity index is 1.20. The van der Waals surface area contributed by atoms with E-state index in [0.717, 1.165) is 0 Å². The Kier molecular flexibility index (Phi) is 6.37. The highest BCUT2D eigenvalue weighted by Gasteiger charge is 2.90. The summed E-state index contributed by atoms with van der Waals surface area (Å²) in [6.07, 6.45) is -2.57. The van der Waals surface area contributed by atoms with Gasteiger partial charge < -0.3 is 39.4 Å². The minimum Gasteiger partial charge on any atom is -0.511 e. The summed E-state index contributed by atoms with van der Waals surface area (Å²) in [7, 11) is 0. The molecule has 51 heavy (non-hydrogen) atoms. The largest absolute Gasteiger partial charge is 0.511 e. The molecule has 4 N–H and O–H groups in total. The van der Waals surface area contributed by atoms with Gasteiger partial charge in [0.1, 0.15) is 34.2 Å². The summed E-state index contributed by atoms with van der Waals surface area (Å²) in [6.45, 7) is 11.0. The van der Waals surface area contributed by atoms with Gasteiger partial charge in [0.25, 0.3) is 0 Å². The molecule has 8 bridgehead atoms. The molecule has 276 valence electrons. The van der Waals surface area contributed by atoms with E-state index in [4.69, 9.17) is 18.9 Å². The number of fused-ring (bicyclic) bond motifs is 2. The smallest absolute Gasteiger partial charge is 0.341 e. The number of thioether (sulfide) groups is 1. The third-order valence-corrected chi connectivity index (χ3v) is 17.2. The van der Waals surface area contributed by atoms with Gasteiger partial charge in [0, 0.05) is 46.0 Å². The van der Waals surface area contributed by atoms with Gasteiger partial charge in [-0.1, -0.05) is 41.5 Å². The van der Waals surface area contributed by atoms with Crippen molar-refractivity contribution in [3.8, 4) is 0 Å². The molecular formula is C38H46O12S. The first-order valence-corrected chi connectivity index (χ1v) is 19.7. The van der Waals surface area contributed by atoms with Gasteiger partial charge in [0.2, 0.25) is 0 Å². The van der Waals surface area contributed by atoms with Gasteiger partial charge in [-0.15, -0.1) is 0 Å². The van der Waals surface area contributed by atoms with Crippen LogP contribution in [0.3, 0.4) is 0 Å². The van der Waals surface area contributed by atoms with E-state index in [0.29, 0.717) is 12.8 Å². The first-order chi connectivity index (χ1) is 24.0. The predicted molar refractivity (Wildman–Crippen MR) is 177 cm³/mol. The van der Waals surface area contributed by atoms with Crippen LogP contribution in [0.25, 0.3) is 0 Å². The van der Waals surface area contributed by atoms with Crippen molar-refractivity contribution in [2.24, 2.45) is 59.2 Å². The topological polar surface area (TPSA) is 186 Å². The molecule has 0 aromatic heterocycles. The number of Topliss-reactive ketones (excluding diaryl/α,β-unsaturated/α-hetero) is 2. The Morgan fingerprint density at radius 1 is 0.608 bits per heavy atom. The zero-order valence-corrected chi connectivity index (χ0v) is 30.3. The Bertz CT molecular complexity index is 1660. The number of ketones is 2. The van der Waals surface area contributed by atoms with Crippen molar-refractivity contribution in [3.63, 3.8) is 0 Å². The number of aliphatic hydroxyl groups excluding tert-OH is 4. The maximum atomic E-state index is 15.0. The number of allylic oxidation sites excluding steroid dienone is 2. The first kappa shape index (κ1) is 33.1. The normalized spacial score (nSPS) is 59.0. The molecule has 6 aliphatic heterocycles. The number of ether oxygens (including phenoxy) is 4. The predicted octanol–water partition coefficient (Wildman–Crippen LogP) is 2.73. The molecular weight excluding hydrogens is 680 g/mol. The summed E-state index contributed by atoms with van der Waals surface area (Å²) in [5, 5.41) is 46.3. The second-order valence-corrected chi connectivity index (χ2v) is 19.4. The van der Waals surface area contributed by atoms with Crippen LogP contribution in [0.5, 0.6) is 0 Å². The zero-order valence-electron chi connectivity index (χ0n) is 29.5. The Morgan fingerprint density at radius 3 is 1.35 bits per heavy atom. The van der Waals surface area contributed by atoms with Crippen LogP contribution in [-0.4, -0.2) is 101 Å². The van der Waals surface area contributed by atoms with E-state index in [9.17, 15) is 39.6 Å². The first-order valence-electron chi connectivity index (χ1n) is 18.8. The summed E-state index contributed by atoms with van der Waals surface area (Å²) >= 11 is 1.32. The second-order valence-electron chi connectivity index (χ2n) is 18.0. The lowest BCUT2D eigenvalue weighted by Crippen LogP contribution is -2.72. The van der Waals surface area contributed by atoms with Gasteiger partial charge in [-0.25, -0.2) is 9.59 Å². The molecule has 0 radical (unpaired) electrons. The van der Waals surface area contributed by atoms with E-state index in [1.807, 2.05) is 27.7 Å². The molecule has 4 spiro atoms. The summed E-state index contributed by atoms with van der Waals surface area (Å²) in [5.74, 6) is -8.41. The zero-order chi connectivity index (χ0) is 36.2. The number of hydrogen-bond donors (Lipinski definition) is 4. The number of rotatable bonds is 2. The molecule has 12 aliphatic rings. The SMILES string of the molecule is C[C@@H]1C[C@H](C)C(=O)[C@H]2[C@H](S[C@@H]3C4[C@H](O)C5O[C@]67C(=C(O)[C@H](C)C[C@H](C)C(=O)[C@@H]36)C(=O)O[C@]47C[C@H]5C)C3[C@H](O)C4O[C@]25C(=C1O)C(=O)O[C@]35C[C@H]4C. The highest BCUT2D eigenvalue weighted by molar-refractivity contribution is 8.00. The Hall–Kier alpha value is -2.45. The van der Waals surface area contributed by atoms with Gasteiger partial charge in [0.05, 0.1) is 36.3 Å². The lowest BCUT2D eigenvalue weighted by atomic mass is 9.59. The summed E-state index contributed by atoms with van der Waals surface area (Å²) in [6, 6.07) is 0. The standard InChI is InChI=1S/C38H46O12S/c1-11-7-13(3)25(41)21-33(45)49-35-9-15(5)29-27(43)17(35)31(19(23(11)39)37(21,35)47-29)51-32-18-28(44)30-16(6)10-36(18)38(48-30)20(32)24(40)12(2)8-14(4)26(42)22(38)34(46)50-36/h11-20,27-32,41-44H,7-10H2,1-6H3/t11-,12-,13+,14+,15+,16+,17?,18?,19-,20-,27-,28-,29?,30?,31+,32+,35+,36+,37-,38-/m0/s1. The summed E-state index contributed by atoms with van der Waals surface area (Å²) in [5.41, 5.74) is -6.30. The molecule has 0 aromatic rings. The third-order valence-electron chi connectivity index (χ3n) is 15.5. The minimum atomic E-state index is -1.65. The van der Waals surface area contributed by atoms with E-state index >= 15 is 0 Å². The quantitative estimate of drug-likeness (QED) is 0.305. The number of esters is 2. The molecule has 4 unspecified atom stereocenters. The van der Waals surface area contributed by atoms with Gasteiger partial charge in [-0.2, -0.15) is 11.8 Å². The third kappa shape index (κ3) is 3.28. The minimum absolute atomic E-state index is 0.0404. The number of aliphatic hydroxyl groups is 4. The molecule has 4 saturated carbocycles. The maximum absolute atomic E-state index is 15.0. The van der Waals surface area contributed by atoms with Crippen molar-refractivity contribution in [3.05, 3.63) is 22.7 Å². The fraction of sp³-hybridized carbons (Fsp3) is 0.789. The van der Waals surface area contributed by atoms with Crippen LogP contribution in [0.1, 0.15) is 67.2 Å². The fourth-order valence-corrected chi connectivity index (χ4v) is 16.2. The van der Waals surface area contributed by atoms with E-state index in [1.165, 1.54) is 11.8 Å². The molecule has 0 aromatic carbocycles. The van der Waals surface area contributed by atoms with Crippen molar-refractivity contribution in [2.75, 3.05) is 0 Å². The Morgan fingerprint density at radius 2 is 0.980 bits per heavy atom. The highest BCUT2D eigenvalue weighted by Crippen LogP contribution is 2.77. The summed E-state index contributed by atoms with van der Waals surface area (Å²) < 4.78 is 26.4. The fourth-order valence-electron chi connectivity index (χ4n) is 13.8. The van der Waals surface area contributed by atoms with Crippen LogP contribution < -0.4 is 0 Å². The Labute approximate surface area is 299 Å². The number of carbonyl (C=O) groups is 4. The average Bonchev–Trinajstić information content (AvgIpc) is 3.57. The number of carbonyl (C=O) groups excluding carboxylic acids is 4. The van der Waals surface area contributed by atoms with Crippen LogP contribution in [0.15, 0.2) is 22.7 Å². The van der Waals surface area contributed by atoms with E-state index < -0.39 is 117 Å². The number of hydrogen-bond acceptors (Lipinski definition) is 13. The van der Waals surface area contributed by atoms with Crippen molar-refractivity contribution in [1.82, 2.24) is 0 Å². The van der Waals surface area contributed by atoms with Gasteiger partial charge in [-0.05, 0) is 37.5 Å². The van der Waals surface area contributed by atoms with Crippen LogP contribution >= 0.6 is 11.8 Å². The molecule has 12 nitrogen and oxygen atoms in total. The maximum Gasteiger partial charge on any atom is 0.341 e. The van der Waals surface area contributed by atoms with Crippen LogP contribution in [0.4, 0.5) is 0 Å². The average molecular weight is 727 g/mol. The van der Waals surface area contributed by atoms with Crippen molar-refractivity contribution < 1.29 is 58.6 Å². The highest BCUT2D eigenvalue weighted by atomic mass is 32.2. The molecule has 12 rings (SSSR count). The molecule has 13 heteroatoms. The van der Waals surface area contributed by atoms with Crippen molar-refractivity contribution in [2.45, 2.75) is 125 Å². The molecule has 20 atom stereocenters. The van der Waals surface area contributed by atoms with E-state index in [1.54, 1.807) is 13.8 Å². The molecule has 6 aliphatic carbocycles. The second kappa shape index (κ2) is 9.80. The monoisotopic (exact) mass is 726 g/mol. The van der Waals surface area contributed by atoms with Gasteiger partial charge in [0.15, 0.2) is 22.4 Å². The van der Waals surface area contributed by atoms with Crippen LogP contribution in [-0.2, 0) is 38.1 Å². The van der Waals surface area contributed by atoms with E-state index in [-0.39, 0.29) is 58.9 Å². The van der Waals surface area contributed by atoms with Crippen LogP contribution in [0, 0.1) is 59.2 Å².